The summed E-state index contributed by atoms with van der Waals surface area (Å²) in [5, 5.41) is 8.53. The van der Waals surface area contributed by atoms with Crippen LogP contribution in [0.5, 0.6) is 0 Å². The first-order valence-electron chi connectivity index (χ1n) is 6.67. The van der Waals surface area contributed by atoms with Gasteiger partial charge in [0.15, 0.2) is 11.6 Å². The van der Waals surface area contributed by atoms with Gasteiger partial charge in [0.2, 0.25) is 10.0 Å². The second-order valence-electron chi connectivity index (χ2n) is 4.96. The molecule has 1 aromatic heterocycles. The number of hydrazine groups is 1. The quantitative estimate of drug-likeness (QED) is 0.272. The van der Waals surface area contributed by atoms with Crippen LogP contribution in [0, 0.1) is 17.0 Å². The van der Waals surface area contributed by atoms with E-state index in [1.54, 1.807) is 0 Å². The maximum Gasteiger partial charge on any atom is 0.355 e. The predicted molar refractivity (Wildman–Crippen MR) is 85.9 cm³/mol. The average molecular weight is 372 g/mol. The monoisotopic (exact) mass is 372 g/mol. The van der Waals surface area contributed by atoms with Crippen LogP contribution in [0.3, 0.4) is 0 Å². The molecular formula is C14H14F2N4O4S. The van der Waals surface area contributed by atoms with Crippen molar-refractivity contribution < 1.29 is 26.7 Å². The number of esters is 1. The van der Waals surface area contributed by atoms with Crippen LogP contribution in [-0.2, 0) is 14.8 Å². The van der Waals surface area contributed by atoms with Gasteiger partial charge in [0.25, 0.3) is 0 Å². The Bertz CT molecular complexity index is 956. The van der Waals surface area contributed by atoms with Crippen molar-refractivity contribution in [1.29, 1.82) is 5.41 Å². The number of halogens is 2. The van der Waals surface area contributed by atoms with Crippen molar-refractivity contribution in [1.82, 2.24) is 3.97 Å². The molecule has 0 saturated heterocycles. The molecule has 0 aliphatic heterocycles. The number of benzene rings is 1. The van der Waals surface area contributed by atoms with Gasteiger partial charge in [-0.3, -0.25) is 10.4 Å². The van der Waals surface area contributed by atoms with Crippen LogP contribution in [0.1, 0.15) is 16.1 Å². The van der Waals surface area contributed by atoms with Crippen molar-refractivity contribution in [2.75, 3.05) is 18.4 Å². The number of carbonyl (C=O) groups is 1. The van der Waals surface area contributed by atoms with E-state index in [0.29, 0.717) is 8.98 Å². The molecule has 3 N–H and O–H groups in total. The van der Waals surface area contributed by atoms with Crippen LogP contribution in [-0.4, -0.2) is 37.6 Å². The van der Waals surface area contributed by atoms with Gasteiger partial charge < -0.3 is 4.74 Å². The first-order valence-corrected chi connectivity index (χ1v) is 8.51. The molecule has 1 aromatic carbocycles. The average Bonchev–Trinajstić information content (AvgIpc) is 3.01. The topological polar surface area (TPSA) is 118 Å². The Kier molecular flexibility index (Phi) is 4.90. The zero-order valence-corrected chi connectivity index (χ0v) is 14.0. The highest BCUT2D eigenvalue weighted by Gasteiger charge is 2.24. The molecule has 1 heterocycles. The summed E-state index contributed by atoms with van der Waals surface area (Å²) in [6, 6.07) is 4.27. The largest absolute Gasteiger partial charge is 0.464 e. The first-order chi connectivity index (χ1) is 11.6. The Hall–Kier alpha value is -2.79. The van der Waals surface area contributed by atoms with E-state index in [0.717, 1.165) is 37.8 Å². The number of anilines is 1. The molecule has 0 unspecified atom stereocenters. The fourth-order valence-corrected chi connectivity index (χ4v) is 2.83. The standard InChI is InChI=1S/C14H14F2N4O4S/c1-24-14(21)11-6-8(7-19(11)25(2,22)23)13(17)20(18)10-5-3-4-9(15)12(10)16/h3-7,17H,18H2,1-2H3. The van der Waals surface area contributed by atoms with Crippen molar-refractivity contribution in [3.63, 3.8) is 0 Å². The Labute approximate surface area is 141 Å². The van der Waals surface area contributed by atoms with Crippen LogP contribution in [0.15, 0.2) is 30.5 Å². The van der Waals surface area contributed by atoms with Gasteiger partial charge in [-0.2, -0.15) is 0 Å². The molecule has 0 aliphatic rings. The molecule has 0 fully saturated rings. The van der Waals surface area contributed by atoms with Crippen molar-refractivity contribution >= 4 is 27.5 Å². The molecule has 0 spiro atoms. The van der Waals surface area contributed by atoms with Crippen molar-refractivity contribution in [3.8, 4) is 0 Å². The minimum absolute atomic E-state index is 0.114. The van der Waals surface area contributed by atoms with E-state index in [9.17, 15) is 22.0 Å². The van der Waals surface area contributed by atoms with Crippen molar-refractivity contribution in [2.24, 2.45) is 5.84 Å². The van der Waals surface area contributed by atoms with Crippen LogP contribution >= 0.6 is 0 Å². The number of nitrogens with zero attached hydrogens (tertiary/aromatic N) is 2. The molecule has 0 saturated carbocycles. The van der Waals surface area contributed by atoms with Gasteiger partial charge in [0.1, 0.15) is 11.5 Å². The predicted octanol–water partition coefficient (Wildman–Crippen LogP) is 1.07. The number of carbonyl (C=O) groups excluding carboxylic acids is 1. The highest BCUT2D eigenvalue weighted by Crippen LogP contribution is 2.22. The lowest BCUT2D eigenvalue weighted by atomic mass is 10.2. The summed E-state index contributed by atoms with van der Waals surface area (Å²) < 4.78 is 55.8. The third kappa shape index (κ3) is 3.51. The molecule has 25 heavy (non-hydrogen) atoms. The van der Waals surface area contributed by atoms with Gasteiger partial charge in [-0.15, -0.1) is 0 Å². The van der Waals surface area contributed by atoms with Gasteiger partial charge in [-0.25, -0.2) is 31.8 Å². The van der Waals surface area contributed by atoms with Crippen LogP contribution in [0.25, 0.3) is 0 Å². The third-order valence-electron chi connectivity index (χ3n) is 3.24. The Morgan fingerprint density at radius 3 is 2.56 bits per heavy atom. The number of aromatic nitrogens is 1. The van der Waals surface area contributed by atoms with Gasteiger partial charge in [-0.05, 0) is 18.2 Å². The Morgan fingerprint density at radius 1 is 1.36 bits per heavy atom. The van der Waals surface area contributed by atoms with Crippen LogP contribution in [0.4, 0.5) is 14.5 Å². The minimum atomic E-state index is -3.88. The van der Waals surface area contributed by atoms with Gasteiger partial charge in [0, 0.05) is 11.8 Å². The minimum Gasteiger partial charge on any atom is -0.464 e. The number of amidine groups is 1. The molecule has 0 bridgehead atoms. The SMILES string of the molecule is COC(=O)c1cc(C(=N)N(N)c2cccc(F)c2F)cn1S(C)(=O)=O. The molecule has 0 amide bonds. The fraction of sp³-hybridized carbons (Fsp3) is 0.143. The summed E-state index contributed by atoms with van der Waals surface area (Å²) in [6.45, 7) is 0. The lowest BCUT2D eigenvalue weighted by Gasteiger charge is -2.19. The maximum atomic E-state index is 13.8. The second-order valence-corrected chi connectivity index (χ2v) is 6.82. The van der Waals surface area contributed by atoms with E-state index in [2.05, 4.69) is 4.74 Å². The molecule has 8 nitrogen and oxygen atoms in total. The third-order valence-corrected chi connectivity index (χ3v) is 4.26. The maximum absolute atomic E-state index is 13.8. The Balaban J connectivity index is 2.51. The van der Waals surface area contributed by atoms with Crippen LogP contribution in [0.2, 0.25) is 0 Å². The summed E-state index contributed by atoms with van der Waals surface area (Å²) >= 11 is 0. The number of methoxy groups -OCH3 is 1. The number of hydrogen-bond donors (Lipinski definition) is 2. The molecule has 0 atom stereocenters. The molecular weight excluding hydrogens is 358 g/mol. The second kappa shape index (κ2) is 6.61. The number of nitrogens with two attached hydrogens (primary N) is 1. The van der Waals surface area contributed by atoms with Gasteiger partial charge in [-0.1, -0.05) is 6.07 Å². The molecule has 134 valence electrons. The number of hydrogen-bond acceptors (Lipinski definition) is 6. The van der Waals surface area contributed by atoms with Gasteiger partial charge in [0.05, 0.1) is 19.1 Å². The molecule has 2 rings (SSSR count). The number of ether oxygens (including phenoxy) is 1. The normalized spacial score (nSPS) is 11.2. The highest BCUT2D eigenvalue weighted by molar-refractivity contribution is 7.89. The van der Waals surface area contributed by atoms with E-state index >= 15 is 0 Å². The van der Waals surface area contributed by atoms with E-state index in [1.807, 2.05) is 0 Å². The van der Waals surface area contributed by atoms with E-state index in [-0.39, 0.29) is 11.3 Å². The number of rotatable bonds is 4. The number of nitrogens with one attached hydrogen (secondary N) is 1. The smallest absolute Gasteiger partial charge is 0.355 e. The van der Waals surface area contributed by atoms with Crippen molar-refractivity contribution in [3.05, 3.63) is 53.4 Å². The summed E-state index contributed by atoms with van der Waals surface area (Å²) in [5.74, 6) is 1.70. The van der Waals surface area contributed by atoms with E-state index < -0.39 is 39.2 Å². The molecule has 11 heteroatoms. The fourth-order valence-electron chi connectivity index (χ4n) is 2.04. The zero-order chi connectivity index (χ0) is 18.9. The summed E-state index contributed by atoms with van der Waals surface area (Å²) in [5.41, 5.74) is -0.911. The first kappa shape index (κ1) is 18.5. The van der Waals surface area contributed by atoms with E-state index in [1.165, 1.54) is 6.07 Å². The summed E-state index contributed by atoms with van der Waals surface area (Å²) in [4.78, 5) is 11.7. The lowest BCUT2D eigenvalue weighted by molar-refractivity contribution is 0.0593. The summed E-state index contributed by atoms with van der Waals surface area (Å²) in [7, 11) is -2.82. The summed E-state index contributed by atoms with van der Waals surface area (Å²) in [6.07, 6.45) is 1.81. The molecule has 2 aromatic rings. The zero-order valence-electron chi connectivity index (χ0n) is 13.2. The van der Waals surface area contributed by atoms with Gasteiger partial charge >= 0.3 is 5.97 Å². The highest BCUT2D eigenvalue weighted by atomic mass is 32.2. The molecule has 0 radical (unpaired) electrons. The van der Waals surface area contributed by atoms with Crippen molar-refractivity contribution in [2.45, 2.75) is 0 Å². The van der Waals surface area contributed by atoms with E-state index in [4.69, 9.17) is 11.3 Å². The lowest BCUT2D eigenvalue weighted by Crippen LogP contribution is -2.38. The van der Waals surface area contributed by atoms with Crippen LogP contribution < -0.4 is 10.9 Å². The molecule has 0 aliphatic carbocycles. The Morgan fingerprint density at radius 2 is 2.00 bits per heavy atom.